The minimum Gasteiger partial charge on any atom is -0.272 e. The molecule has 19 heavy (non-hydrogen) atoms. The van der Waals surface area contributed by atoms with Gasteiger partial charge in [0.2, 0.25) is 0 Å². The molecule has 2 aromatic rings. The smallest absolute Gasteiger partial charge is 0.123 e. The number of alkyl halides is 1. The topological polar surface area (TPSA) is 17.8 Å². The first-order valence-electron chi connectivity index (χ1n) is 6.38. The Morgan fingerprint density at radius 3 is 2.47 bits per heavy atom. The number of aromatic nitrogens is 2. The molecule has 0 aliphatic rings. The Bertz CT molecular complexity index is 534. The van der Waals surface area contributed by atoms with Crippen LogP contribution in [0.1, 0.15) is 17.0 Å². The van der Waals surface area contributed by atoms with Gasteiger partial charge in [0.15, 0.2) is 0 Å². The van der Waals surface area contributed by atoms with Gasteiger partial charge in [-0.25, -0.2) is 4.39 Å². The molecule has 0 fully saturated rings. The quantitative estimate of drug-likeness (QED) is 0.767. The third kappa shape index (κ3) is 3.90. The molecule has 0 saturated heterocycles. The number of rotatable bonds is 5. The van der Waals surface area contributed by atoms with Crippen LogP contribution in [0.3, 0.4) is 0 Å². The molecule has 0 amide bonds. The van der Waals surface area contributed by atoms with Crippen molar-refractivity contribution in [3.05, 3.63) is 53.1 Å². The van der Waals surface area contributed by atoms with Gasteiger partial charge in [0.1, 0.15) is 5.82 Å². The molecule has 4 heteroatoms. The van der Waals surface area contributed by atoms with E-state index in [2.05, 4.69) is 27.1 Å². The Hall–Kier alpha value is -1.16. The highest BCUT2D eigenvalue weighted by Gasteiger charge is 2.12. The van der Waals surface area contributed by atoms with Crippen molar-refractivity contribution in [2.75, 3.05) is 5.33 Å². The molecule has 0 aliphatic carbocycles. The molecule has 1 heterocycles. The van der Waals surface area contributed by atoms with Gasteiger partial charge in [-0.2, -0.15) is 5.10 Å². The second kappa shape index (κ2) is 6.33. The van der Waals surface area contributed by atoms with Gasteiger partial charge in [-0.05, 0) is 49.4 Å². The normalized spacial score (nSPS) is 12.6. The summed E-state index contributed by atoms with van der Waals surface area (Å²) in [6.07, 6.45) is 1.91. The van der Waals surface area contributed by atoms with Crippen LogP contribution in [0.25, 0.3) is 0 Å². The summed E-state index contributed by atoms with van der Waals surface area (Å²) >= 11 is 3.57. The van der Waals surface area contributed by atoms with Crippen molar-refractivity contribution >= 4 is 15.9 Å². The van der Waals surface area contributed by atoms with Crippen LogP contribution in [0, 0.1) is 18.7 Å². The van der Waals surface area contributed by atoms with Crippen molar-refractivity contribution in [2.45, 2.75) is 19.8 Å². The highest BCUT2D eigenvalue weighted by molar-refractivity contribution is 9.09. The Labute approximate surface area is 121 Å². The first-order chi connectivity index (χ1) is 9.08. The number of hydrogen-bond donors (Lipinski definition) is 0. The van der Waals surface area contributed by atoms with E-state index in [1.807, 2.05) is 30.8 Å². The Kier molecular flexibility index (Phi) is 4.75. The van der Waals surface area contributed by atoms with E-state index in [-0.39, 0.29) is 5.82 Å². The van der Waals surface area contributed by atoms with Gasteiger partial charge in [-0.15, -0.1) is 0 Å². The van der Waals surface area contributed by atoms with Gasteiger partial charge in [0.05, 0.1) is 5.69 Å². The van der Waals surface area contributed by atoms with E-state index in [0.29, 0.717) is 5.92 Å². The molecule has 102 valence electrons. The van der Waals surface area contributed by atoms with Crippen LogP contribution < -0.4 is 0 Å². The molecule has 1 aromatic heterocycles. The fourth-order valence-electron chi connectivity index (χ4n) is 2.29. The molecule has 1 aromatic carbocycles. The molecular weight excluding hydrogens is 307 g/mol. The van der Waals surface area contributed by atoms with Crippen molar-refractivity contribution in [1.82, 2.24) is 9.78 Å². The maximum Gasteiger partial charge on any atom is 0.123 e. The standard InChI is InChI=1S/C15H18BrFN2/c1-11-7-15(19(2)18-11)9-13(10-16)8-12-3-5-14(17)6-4-12/h3-7,13H,8-10H2,1-2H3. The molecule has 2 rings (SSSR count). The average Bonchev–Trinajstić information content (AvgIpc) is 2.69. The van der Waals surface area contributed by atoms with Crippen molar-refractivity contribution in [3.8, 4) is 0 Å². The van der Waals surface area contributed by atoms with Crippen LogP contribution in [-0.2, 0) is 19.9 Å². The van der Waals surface area contributed by atoms with E-state index in [1.54, 1.807) is 0 Å². The third-order valence-corrected chi connectivity index (χ3v) is 4.17. The number of aryl methyl sites for hydroxylation is 2. The monoisotopic (exact) mass is 324 g/mol. The second-order valence-corrected chi connectivity index (χ2v) is 5.60. The van der Waals surface area contributed by atoms with Gasteiger partial charge < -0.3 is 0 Å². The lowest BCUT2D eigenvalue weighted by molar-refractivity contribution is 0.555. The summed E-state index contributed by atoms with van der Waals surface area (Å²) in [6.45, 7) is 2.01. The molecule has 0 aliphatic heterocycles. The van der Waals surface area contributed by atoms with Crippen LogP contribution in [0.4, 0.5) is 4.39 Å². The van der Waals surface area contributed by atoms with Crippen molar-refractivity contribution in [1.29, 1.82) is 0 Å². The Balaban J connectivity index is 2.04. The molecule has 2 nitrogen and oxygen atoms in total. The first-order valence-corrected chi connectivity index (χ1v) is 7.50. The fraction of sp³-hybridized carbons (Fsp3) is 0.400. The number of benzene rings is 1. The summed E-state index contributed by atoms with van der Waals surface area (Å²) in [5, 5.41) is 5.29. The van der Waals surface area contributed by atoms with Gasteiger partial charge in [0, 0.05) is 18.1 Å². The molecule has 0 bridgehead atoms. The van der Waals surface area contributed by atoms with Crippen LogP contribution >= 0.6 is 15.9 Å². The van der Waals surface area contributed by atoms with Crippen molar-refractivity contribution in [3.63, 3.8) is 0 Å². The summed E-state index contributed by atoms with van der Waals surface area (Å²) in [6, 6.07) is 8.89. The summed E-state index contributed by atoms with van der Waals surface area (Å²) in [4.78, 5) is 0. The Morgan fingerprint density at radius 1 is 1.26 bits per heavy atom. The number of hydrogen-bond acceptors (Lipinski definition) is 1. The lowest BCUT2D eigenvalue weighted by Gasteiger charge is -2.14. The fourth-order valence-corrected chi connectivity index (χ4v) is 2.74. The molecular formula is C15H18BrFN2. The van der Waals surface area contributed by atoms with E-state index >= 15 is 0 Å². The first kappa shape index (κ1) is 14.3. The van der Waals surface area contributed by atoms with E-state index in [1.165, 1.54) is 23.4 Å². The molecule has 0 N–H and O–H groups in total. The lowest BCUT2D eigenvalue weighted by atomic mass is 9.96. The van der Waals surface area contributed by atoms with Gasteiger partial charge in [-0.1, -0.05) is 28.1 Å². The highest BCUT2D eigenvalue weighted by Crippen LogP contribution is 2.17. The van der Waals surface area contributed by atoms with Crippen LogP contribution in [0.2, 0.25) is 0 Å². The molecule has 1 unspecified atom stereocenters. The van der Waals surface area contributed by atoms with Crippen LogP contribution in [0.5, 0.6) is 0 Å². The molecule has 0 saturated carbocycles. The largest absolute Gasteiger partial charge is 0.272 e. The number of halogens is 2. The predicted molar refractivity (Wildman–Crippen MR) is 79.0 cm³/mol. The van der Waals surface area contributed by atoms with Crippen LogP contribution in [0.15, 0.2) is 30.3 Å². The van der Waals surface area contributed by atoms with E-state index in [4.69, 9.17) is 0 Å². The summed E-state index contributed by atoms with van der Waals surface area (Å²) in [5.74, 6) is 0.307. The predicted octanol–water partition coefficient (Wildman–Crippen LogP) is 3.66. The highest BCUT2D eigenvalue weighted by atomic mass is 79.9. The van der Waals surface area contributed by atoms with Gasteiger partial charge in [-0.3, -0.25) is 4.68 Å². The minimum absolute atomic E-state index is 0.179. The molecule has 0 radical (unpaired) electrons. The Morgan fingerprint density at radius 2 is 1.95 bits per heavy atom. The minimum atomic E-state index is -0.179. The SMILES string of the molecule is Cc1cc(CC(CBr)Cc2ccc(F)cc2)n(C)n1. The zero-order chi connectivity index (χ0) is 13.8. The zero-order valence-corrected chi connectivity index (χ0v) is 12.8. The van der Waals surface area contributed by atoms with Crippen molar-refractivity contribution in [2.24, 2.45) is 13.0 Å². The van der Waals surface area contributed by atoms with E-state index < -0.39 is 0 Å². The summed E-state index contributed by atoms with van der Waals surface area (Å²) in [5.41, 5.74) is 3.46. The maximum absolute atomic E-state index is 12.9. The lowest BCUT2D eigenvalue weighted by Crippen LogP contribution is -2.12. The van der Waals surface area contributed by atoms with Crippen LogP contribution in [-0.4, -0.2) is 15.1 Å². The van der Waals surface area contributed by atoms with Gasteiger partial charge in [0.25, 0.3) is 0 Å². The average molecular weight is 325 g/mol. The molecule has 1 atom stereocenters. The van der Waals surface area contributed by atoms with Gasteiger partial charge >= 0.3 is 0 Å². The number of nitrogens with zero attached hydrogens (tertiary/aromatic N) is 2. The van der Waals surface area contributed by atoms with E-state index in [9.17, 15) is 4.39 Å². The molecule has 0 spiro atoms. The third-order valence-electron chi connectivity index (χ3n) is 3.25. The van der Waals surface area contributed by atoms with E-state index in [0.717, 1.165) is 23.9 Å². The zero-order valence-electron chi connectivity index (χ0n) is 11.2. The maximum atomic E-state index is 12.9. The second-order valence-electron chi connectivity index (χ2n) is 4.96. The summed E-state index contributed by atoms with van der Waals surface area (Å²) in [7, 11) is 1.98. The van der Waals surface area contributed by atoms with Crippen molar-refractivity contribution < 1.29 is 4.39 Å². The summed E-state index contributed by atoms with van der Waals surface area (Å²) < 4.78 is 14.8.